The van der Waals surface area contributed by atoms with Crippen LogP contribution in [0.1, 0.15) is 39.2 Å². The zero-order valence-electron chi connectivity index (χ0n) is 12.8. The fourth-order valence-corrected chi connectivity index (χ4v) is 3.77. The van der Waals surface area contributed by atoms with Gasteiger partial charge in [-0.05, 0) is 31.1 Å². The molecule has 2 unspecified atom stereocenters. The van der Waals surface area contributed by atoms with E-state index in [-0.39, 0.29) is 5.75 Å². The number of hydrogen-bond acceptors (Lipinski definition) is 3. The van der Waals surface area contributed by atoms with Gasteiger partial charge in [0.1, 0.15) is 0 Å². The van der Waals surface area contributed by atoms with E-state index in [1.54, 1.807) is 6.07 Å². The number of hydrogen-bond donors (Lipinski definition) is 1. The zero-order valence-corrected chi connectivity index (χ0v) is 12.8. The Balaban J connectivity index is 2.11. The van der Waals surface area contributed by atoms with Gasteiger partial charge in [0.25, 0.3) is 0 Å². The van der Waals surface area contributed by atoms with Crippen molar-refractivity contribution in [1.82, 2.24) is 9.55 Å². The van der Waals surface area contributed by atoms with E-state index in [9.17, 15) is 4.39 Å². The summed E-state index contributed by atoms with van der Waals surface area (Å²) in [4.78, 5) is 4.32. The molecule has 114 valence electrons. The van der Waals surface area contributed by atoms with Gasteiger partial charge >= 0.3 is 0 Å². The molecular weight excluding hydrogens is 269 g/mol. The van der Waals surface area contributed by atoms with E-state index in [4.69, 9.17) is 10.5 Å². The maximum Gasteiger partial charge on any atom is 0.201 e. The van der Waals surface area contributed by atoms with E-state index >= 15 is 0 Å². The van der Waals surface area contributed by atoms with Crippen LogP contribution in [0, 0.1) is 17.7 Å². The number of halogens is 1. The Bertz CT molecular complexity index is 657. The lowest BCUT2D eigenvalue weighted by Gasteiger charge is -2.33. The summed E-state index contributed by atoms with van der Waals surface area (Å²) in [5, 5.41) is 0. The number of rotatable bonds is 2. The molecule has 0 spiro atoms. The van der Waals surface area contributed by atoms with Crippen LogP contribution in [0.15, 0.2) is 12.1 Å². The van der Waals surface area contributed by atoms with Crippen molar-refractivity contribution in [3.8, 4) is 5.75 Å². The molecule has 1 aliphatic carbocycles. The first-order valence-electron chi connectivity index (χ1n) is 7.50. The Labute approximate surface area is 124 Å². The monoisotopic (exact) mass is 291 g/mol. The molecule has 0 saturated heterocycles. The van der Waals surface area contributed by atoms with Gasteiger partial charge in [0, 0.05) is 18.2 Å². The normalized spacial score (nSPS) is 26.2. The zero-order chi connectivity index (χ0) is 15.1. The highest BCUT2D eigenvalue weighted by atomic mass is 19.1. The summed E-state index contributed by atoms with van der Waals surface area (Å²) >= 11 is 0. The Hall–Kier alpha value is -1.78. The van der Waals surface area contributed by atoms with Crippen molar-refractivity contribution in [2.24, 2.45) is 11.8 Å². The average molecular weight is 291 g/mol. The molecule has 3 rings (SSSR count). The molecule has 5 heteroatoms. The minimum atomic E-state index is -0.403. The molecule has 21 heavy (non-hydrogen) atoms. The summed E-state index contributed by atoms with van der Waals surface area (Å²) in [5.74, 6) is 1.63. The molecule has 1 saturated carbocycles. The second-order valence-electron chi connectivity index (χ2n) is 6.39. The quantitative estimate of drug-likeness (QED) is 0.916. The summed E-state index contributed by atoms with van der Waals surface area (Å²) in [6, 6.07) is 3.43. The Morgan fingerprint density at radius 3 is 2.52 bits per heavy atom. The van der Waals surface area contributed by atoms with Gasteiger partial charge < -0.3 is 15.0 Å². The smallest absolute Gasteiger partial charge is 0.201 e. The molecule has 0 bridgehead atoms. The predicted octanol–water partition coefficient (Wildman–Crippen LogP) is 3.76. The van der Waals surface area contributed by atoms with E-state index in [1.807, 2.05) is 0 Å². The second-order valence-corrected chi connectivity index (χ2v) is 6.39. The third kappa shape index (κ3) is 2.45. The third-order valence-corrected chi connectivity index (χ3v) is 4.51. The van der Waals surface area contributed by atoms with E-state index < -0.39 is 5.82 Å². The molecule has 1 heterocycles. The molecule has 0 aliphatic heterocycles. The van der Waals surface area contributed by atoms with Gasteiger partial charge in [-0.2, -0.15) is 0 Å². The molecule has 0 amide bonds. The van der Waals surface area contributed by atoms with E-state index in [1.165, 1.54) is 19.6 Å². The standard InChI is InChI=1S/C16H22FN3O/c1-9-4-10(2)6-11(5-9)20-14-8-15(21-3)12(17)7-13(14)19-16(20)18/h7-11H,4-6H2,1-3H3,(H2,18,19). The van der Waals surface area contributed by atoms with Crippen molar-refractivity contribution in [2.45, 2.75) is 39.2 Å². The first kappa shape index (κ1) is 14.2. The highest BCUT2D eigenvalue weighted by molar-refractivity contribution is 5.80. The van der Waals surface area contributed by atoms with Crippen LogP contribution >= 0.6 is 0 Å². The largest absolute Gasteiger partial charge is 0.494 e. The van der Waals surface area contributed by atoms with Crippen LogP contribution < -0.4 is 10.5 Å². The molecule has 2 N–H and O–H groups in total. The van der Waals surface area contributed by atoms with Gasteiger partial charge in [-0.1, -0.05) is 13.8 Å². The van der Waals surface area contributed by atoms with Crippen LogP contribution in [-0.2, 0) is 0 Å². The Morgan fingerprint density at radius 2 is 1.90 bits per heavy atom. The third-order valence-electron chi connectivity index (χ3n) is 4.51. The highest BCUT2D eigenvalue weighted by Gasteiger charge is 2.28. The van der Waals surface area contributed by atoms with Gasteiger partial charge in [0.05, 0.1) is 18.1 Å². The SMILES string of the molecule is COc1cc2c(cc1F)nc(N)n2C1CC(C)CC(C)C1. The number of methoxy groups -OCH3 is 1. The van der Waals surface area contributed by atoms with Crippen LogP contribution in [0.4, 0.5) is 10.3 Å². The van der Waals surface area contributed by atoms with Crippen LogP contribution in [0.3, 0.4) is 0 Å². The number of benzene rings is 1. The molecule has 1 aromatic heterocycles. The van der Waals surface area contributed by atoms with Gasteiger partial charge in [-0.25, -0.2) is 9.37 Å². The second kappa shape index (κ2) is 5.20. The van der Waals surface area contributed by atoms with Crippen LogP contribution in [-0.4, -0.2) is 16.7 Å². The van der Waals surface area contributed by atoms with Crippen LogP contribution in [0.5, 0.6) is 5.75 Å². The van der Waals surface area contributed by atoms with Crippen LogP contribution in [0.2, 0.25) is 0 Å². The maximum absolute atomic E-state index is 13.8. The molecular formula is C16H22FN3O. The van der Waals surface area contributed by atoms with Crippen molar-refractivity contribution < 1.29 is 9.13 Å². The maximum atomic E-state index is 13.8. The van der Waals surface area contributed by atoms with Gasteiger partial charge in [-0.3, -0.25) is 0 Å². The summed E-state index contributed by atoms with van der Waals surface area (Å²) in [7, 11) is 1.47. The predicted molar refractivity (Wildman–Crippen MR) is 81.9 cm³/mol. The molecule has 1 fully saturated rings. The highest BCUT2D eigenvalue weighted by Crippen LogP contribution is 2.39. The molecule has 2 aromatic rings. The Morgan fingerprint density at radius 1 is 1.24 bits per heavy atom. The topological polar surface area (TPSA) is 53.1 Å². The number of anilines is 1. The first-order valence-corrected chi connectivity index (χ1v) is 7.50. The molecule has 1 aliphatic rings. The number of nitrogens with two attached hydrogens (primary N) is 1. The van der Waals surface area contributed by atoms with Crippen LogP contribution in [0.25, 0.3) is 11.0 Å². The summed E-state index contributed by atoms with van der Waals surface area (Å²) in [6.07, 6.45) is 3.42. The lowest BCUT2D eigenvalue weighted by molar-refractivity contribution is 0.226. The van der Waals surface area contributed by atoms with E-state index in [2.05, 4.69) is 23.4 Å². The van der Waals surface area contributed by atoms with Gasteiger partial charge in [-0.15, -0.1) is 0 Å². The van der Waals surface area contributed by atoms with Gasteiger partial charge in [0.2, 0.25) is 5.95 Å². The fourth-order valence-electron chi connectivity index (χ4n) is 3.77. The summed E-state index contributed by atoms with van der Waals surface area (Å²) < 4.78 is 21.0. The molecule has 2 atom stereocenters. The number of nitrogens with zero attached hydrogens (tertiary/aromatic N) is 2. The fraction of sp³-hybridized carbons (Fsp3) is 0.562. The number of aromatic nitrogens is 2. The molecule has 1 aromatic carbocycles. The lowest BCUT2D eigenvalue weighted by atomic mass is 9.80. The molecule has 4 nitrogen and oxygen atoms in total. The number of nitrogen functional groups attached to an aromatic ring is 1. The Kier molecular flexibility index (Phi) is 3.51. The minimum absolute atomic E-state index is 0.237. The number of fused-ring (bicyclic) bond motifs is 1. The first-order chi connectivity index (χ1) is 9.99. The van der Waals surface area contributed by atoms with E-state index in [0.717, 1.165) is 18.4 Å². The molecule has 0 radical (unpaired) electrons. The summed E-state index contributed by atoms with van der Waals surface area (Å²) in [5.41, 5.74) is 7.56. The van der Waals surface area contributed by atoms with Crippen molar-refractivity contribution >= 4 is 17.0 Å². The summed E-state index contributed by atoms with van der Waals surface area (Å²) in [6.45, 7) is 4.55. The number of ether oxygens (including phenoxy) is 1. The van der Waals surface area contributed by atoms with Crippen molar-refractivity contribution in [3.63, 3.8) is 0 Å². The lowest BCUT2D eigenvalue weighted by Crippen LogP contribution is -2.23. The minimum Gasteiger partial charge on any atom is -0.494 e. The van der Waals surface area contributed by atoms with Crippen molar-refractivity contribution in [2.75, 3.05) is 12.8 Å². The van der Waals surface area contributed by atoms with Crippen molar-refractivity contribution in [1.29, 1.82) is 0 Å². The average Bonchev–Trinajstić information content (AvgIpc) is 2.71. The number of imidazole rings is 1. The van der Waals surface area contributed by atoms with Crippen molar-refractivity contribution in [3.05, 3.63) is 17.9 Å². The van der Waals surface area contributed by atoms with Gasteiger partial charge in [0.15, 0.2) is 11.6 Å². The van der Waals surface area contributed by atoms with E-state index in [0.29, 0.717) is 29.3 Å².